The molecule has 0 N–H and O–H groups in total. The fourth-order valence-corrected chi connectivity index (χ4v) is 1.06. The van der Waals surface area contributed by atoms with Gasteiger partial charge in [0.15, 0.2) is 0 Å². The molecular weight excluding hydrogens is 164 g/mol. The third kappa shape index (κ3) is 2.17. The van der Waals surface area contributed by atoms with Crippen molar-refractivity contribution in [2.75, 3.05) is 0 Å². The Bertz CT molecular complexity index is 277. The van der Waals surface area contributed by atoms with Gasteiger partial charge in [-0.25, -0.2) is 0 Å². The Morgan fingerprint density at radius 3 is 2.54 bits per heavy atom. The van der Waals surface area contributed by atoms with E-state index in [1.54, 1.807) is 0 Å². The van der Waals surface area contributed by atoms with Crippen LogP contribution in [-0.4, -0.2) is 16.3 Å². The van der Waals surface area contributed by atoms with Crippen LogP contribution in [0.4, 0.5) is 0 Å². The second-order valence-electron chi connectivity index (χ2n) is 3.77. The number of hydrogen-bond donors (Lipinski definition) is 0. The number of ether oxygens (including phenoxy) is 1. The molecule has 1 aliphatic rings. The first-order valence-corrected chi connectivity index (χ1v) is 4.76. The molecule has 3 heteroatoms. The fraction of sp³-hybridized carbons (Fsp3) is 0.600. The van der Waals surface area contributed by atoms with Gasteiger partial charge in [-0.05, 0) is 24.8 Å². The molecule has 70 valence electrons. The van der Waals surface area contributed by atoms with Crippen LogP contribution in [0.15, 0.2) is 12.1 Å². The van der Waals surface area contributed by atoms with Crippen LogP contribution in [0, 0.1) is 0 Å². The summed E-state index contributed by atoms with van der Waals surface area (Å²) in [6.07, 6.45) is 2.72. The molecule has 2 rings (SSSR count). The maximum absolute atomic E-state index is 5.49. The molecule has 0 radical (unpaired) electrons. The lowest BCUT2D eigenvalue weighted by molar-refractivity contribution is 0.287. The minimum atomic E-state index is 0.402. The summed E-state index contributed by atoms with van der Waals surface area (Å²) < 4.78 is 5.49. The number of nitrogens with zero attached hydrogens (tertiary/aromatic N) is 2. The zero-order chi connectivity index (χ0) is 9.26. The summed E-state index contributed by atoms with van der Waals surface area (Å²) in [5.41, 5.74) is 1.02. The number of hydrogen-bond acceptors (Lipinski definition) is 3. The van der Waals surface area contributed by atoms with Gasteiger partial charge < -0.3 is 4.74 Å². The summed E-state index contributed by atoms with van der Waals surface area (Å²) >= 11 is 0. The van der Waals surface area contributed by atoms with Crippen LogP contribution in [0.25, 0.3) is 0 Å². The molecule has 1 aliphatic carbocycles. The molecule has 0 saturated heterocycles. The van der Waals surface area contributed by atoms with Crippen molar-refractivity contribution in [3.05, 3.63) is 17.8 Å². The van der Waals surface area contributed by atoms with Crippen LogP contribution >= 0.6 is 0 Å². The van der Waals surface area contributed by atoms with Crippen LogP contribution in [0.2, 0.25) is 0 Å². The standard InChI is InChI=1S/C10H14N2O/c1-7(2)9-5-6-10(12-11-9)13-8-3-4-8/h5-8H,3-4H2,1-2H3. The van der Waals surface area contributed by atoms with Crippen molar-refractivity contribution >= 4 is 0 Å². The van der Waals surface area contributed by atoms with Gasteiger partial charge in [-0.2, -0.15) is 5.10 Å². The first kappa shape index (κ1) is 8.48. The molecule has 3 nitrogen and oxygen atoms in total. The quantitative estimate of drug-likeness (QED) is 0.711. The smallest absolute Gasteiger partial charge is 0.233 e. The molecule has 0 aromatic carbocycles. The van der Waals surface area contributed by atoms with Gasteiger partial charge in [-0.1, -0.05) is 13.8 Å². The largest absolute Gasteiger partial charge is 0.473 e. The second kappa shape index (κ2) is 3.32. The van der Waals surface area contributed by atoms with E-state index in [4.69, 9.17) is 4.74 Å². The Hall–Kier alpha value is -1.12. The van der Waals surface area contributed by atoms with E-state index in [1.807, 2.05) is 12.1 Å². The lowest BCUT2D eigenvalue weighted by Gasteiger charge is -2.04. The van der Waals surface area contributed by atoms with Crippen LogP contribution in [-0.2, 0) is 0 Å². The molecule has 0 spiro atoms. The summed E-state index contributed by atoms with van der Waals surface area (Å²) in [6, 6.07) is 3.88. The van der Waals surface area contributed by atoms with Gasteiger partial charge >= 0.3 is 0 Å². The third-order valence-corrected chi connectivity index (χ3v) is 2.06. The Labute approximate surface area is 78.1 Å². The van der Waals surface area contributed by atoms with Gasteiger partial charge in [0.05, 0.1) is 5.69 Å². The van der Waals surface area contributed by atoms with Gasteiger partial charge in [0.1, 0.15) is 6.10 Å². The average molecular weight is 178 g/mol. The lowest BCUT2D eigenvalue weighted by Crippen LogP contribution is -2.01. The summed E-state index contributed by atoms with van der Waals surface area (Å²) in [5.74, 6) is 1.09. The molecule has 1 saturated carbocycles. The maximum atomic E-state index is 5.49. The first-order chi connectivity index (χ1) is 6.25. The maximum Gasteiger partial charge on any atom is 0.233 e. The minimum Gasteiger partial charge on any atom is -0.473 e. The highest BCUT2D eigenvalue weighted by Crippen LogP contribution is 2.25. The number of aromatic nitrogens is 2. The van der Waals surface area contributed by atoms with Gasteiger partial charge in [-0.3, -0.25) is 0 Å². The zero-order valence-electron chi connectivity index (χ0n) is 8.03. The lowest BCUT2D eigenvalue weighted by atomic mass is 10.1. The molecule has 1 fully saturated rings. The Morgan fingerprint density at radius 2 is 2.08 bits per heavy atom. The Kier molecular flexibility index (Phi) is 2.17. The van der Waals surface area contributed by atoms with Gasteiger partial charge in [-0.15, -0.1) is 5.10 Å². The second-order valence-corrected chi connectivity index (χ2v) is 3.77. The molecule has 1 aromatic heterocycles. The molecule has 0 aliphatic heterocycles. The van der Waals surface area contributed by atoms with Crippen LogP contribution < -0.4 is 4.74 Å². The van der Waals surface area contributed by atoms with Crippen molar-refractivity contribution in [2.45, 2.75) is 38.7 Å². The molecule has 1 aromatic rings. The SMILES string of the molecule is CC(C)c1ccc(OC2CC2)nn1. The third-order valence-electron chi connectivity index (χ3n) is 2.06. The van der Waals surface area contributed by atoms with E-state index in [9.17, 15) is 0 Å². The van der Waals surface area contributed by atoms with Crippen LogP contribution in [0.1, 0.15) is 38.3 Å². The topological polar surface area (TPSA) is 35.0 Å². The van der Waals surface area contributed by atoms with E-state index < -0.39 is 0 Å². The summed E-state index contributed by atoms with van der Waals surface area (Å²) in [5, 5.41) is 8.09. The van der Waals surface area contributed by atoms with E-state index in [1.165, 1.54) is 0 Å². The molecule has 0 atom stereocenters. The monoisotopic (exact) mass is 178 g/mol. The molecule has 13 heavy (non-hydrogen) atoms. The number of rotatable bonds is 3. The van der Waals surface area contributed by atoms with Crippen LogP contribution in [0.3, 0.4) is 0 Å². The van der Waals surface area contributed by atoms with Gasteiger partial charge in [0.2, 0.25) is 5.88 Å². The summed E-state index contributed by atoms with van der Waals surface area (Å²) in [7, 11) is 0. The van der Waals surface area contributed by atoms with E-state index in [0.717, 1.165) is 18.5 Å². The van der Waals surface area contributed by atoms with Crippen molar-refractivity contribution in [2.24, 2.45) is 0 Å². The summed E-state index contributed by atoms with van der Waals surface area (Å²) in [6.45, 7) is 4.21. The van der Waals surface area contributed by atoms with Crippen LogP contribution in [0.5, 0.6) is 5.88 Å². The summed E-state index contributed by atoms with van der Waals surface area (Å²) in [4.78, 5) is 0. The Balaban J connectivity index is 2.04. The normalized spacial score (nSPS) is 16.2. The van der Waals surface area contributed by atoms with Crippen molar-refractivity contribution in [1.29, 1.82) is 0 Å². The van der Waals surface area contributed by atoms with Crippen molar-refractivity contribution < 1.29 is 4.74 Å². The molecule has 0 unspecified atom stereocenters. The van der Waals surface area contributed by atoms with E-state index in [2.05, 4.69) is 24.0 Å². The fourth-order valence-electron chi connectivity index (χ4n) is 1.06. The molecule has 0 amide bonds. The highest BCUT2D eigenvalue weighted by atomic mass is 16.5. The highest BCUT2D eigenvalue weighted by Gasteiger charge is 2.24. The average Bonchev–Trinajstić information content (AvgIpc) is 2.89. The van der Waals surface area contributed by atoms with E-state index >= 15 is 0 Å². The highest BCUT2D eigenvalue weighted by molar-refractivity contribution is 5.14. The predicted molar refractivity (Wildman–Crippen MR) is 49.8 cm³/mol. The van der Waals surface area contributed by atoms with Crippen molar-refractivity contribution in [3.8, 4) is 5.88 Å². The van der Waals surface area contributed by atoms with E-state index in [-0.39, 0.29) is 0 Å². The van der Waals surface area contributed by atoms with Crippen molar-refractivity contribution in [3.63, 3.8) is 0 Å². The molecule has 0 bridgehead atoms. The van der Waals surface area contributed by atoms with Gasteiger partial charge in [0, 0.05) is 6.07 Å². The molecular formula is C10H14N2O. The Morgan fingerprint density at radius 1 is 1.31 bits per heavy atom. The van der Waals surface area contributed by atoms with Gasteiger partial charge in [0.25, 0.3) is 0 Å². The minimum absolute atomic E-state index is 0.402. The zero-order valence-corrected chi connectivity index (χ0v) is 8.03. The first-order valence-electron chi connectivity index (χ1n) is 4.76. The predicted octanol–water partition coefficient (Wildman–Crippen LogP) is 2.14. The van der Waals surface area contributed by atoms with E-state index in [0.29, 0.717) is 17.9 Å². The van der Waals surface area contributed by atoms with Crippen molar-refractivity contribution in [1.82, 2.24) is 10.2 Å². The molecule has 1 heterocycles.